The molecule has 0 aliphatic carbocycles. The highest BCUT2D eigenvalue weighted by atomic mass is 35.5. The summed E-state index contributed by atoms with van der Waals surface area (Å²) >= 11 is 0. The quantitative estimate of drug-likeness (QED) is 0.660. The molecule has 1 aromatic carbocycles. The number of hydrogen-bond acceptors (Lipinski definition) is 5. The van der Waals surface area contributed by atoms with E-state index in [0.29, 0.717) is 19.6 Å². The average molecular weight is 336 g/mol. The average Bonchev–Trinajstić information content (AvgIpc) is 2.83. The molecule has 0 spiro atoms. The van der Waals surface area contributed by atoms with E-state index < -0.39 is 14.9 Å². The van der Waals surface area contributed by atoms with E-state index >= 15 is 0 Å². The zero-order valence-electron chi connectivity index (χ0n) is 11.6. The summed E-state index contributed by atoms with van der Waals surface area (Å²) in [5.41, 5.74) is 5.34. The molecule has 118 valence electrons. The highest BCUT2D eigenvalue weighted by Gasteiger charge is 2.39. The fraction of sp³-hybridized carbons (Fsp3) is 0.500. The lowest BCUT2D eigenvalue weighted by Gasteiger charge is -2.22. The van der Waals surface area contributed by atoms with E-state index in [0.717, 1.165) is 6.42 Å². The second kappa shape index (κ2) is 6.27. The summed E-state index contributed by atoms with van der Waals surface area (Å²) in [5.74, 6) is 0. The molecule has 1 fully saturated rings. The molecule has 7 nitrogen and oxygen atoms in total. The van der Waals surface area contributed by atoms with Crippen LogP contribution in [-0.4, -0.2) is 37.3 Å². The topological polar surface area (TPSA) is 107 Å². The minimum atomic E-state index is -3.61. The van der Waals surface area contributed by atoms with Gasteiger partial charge in [0.25, 0.3) is 5.69 Å². The van der Waals surface area contributed by atoms with E-state index in [4.69, 9.17) is 5.73 Å². The number of nitro groups is 1. The maximum Gasteiger partial charge on any atom is 0.269 e. The van der Waals surface area contributed by atoms with Crippen molar-refractivity contribution in [3.8, 4) is 0 Å². The van der Waals surface area contributed by atoms with Gasteiger partial charge in [-0.2, -0.15) is 4.31 Å². The molecule has 2 rings (SSSR count). The molecule has 21 heavy (non-hydrogen) atoms. The number of benzene rings is 1. The zero-order valence-corrected chi connectivity index (χ0v) is 13.2. The third kappa shape index (κ3) is 3.52. The van der Waals surface area contributed by atoms with Crippen LogP contribution in [0.4, 0.5) is 5.69 Å². The van der Waals surface area contributed by atoms with Gasteiger partial charge in [-0.1, -0.05) is 6.92 Å². The van der Waals surface area contributed by atoms with Crippen molar-refractivity contribution in [1.29, 1.82) is 0 Å². The van der Waals surface area contributed by atoms with Crippen LogP contribution >= 0.6 is 12.4 Å². The fourth-order valence-electron chi connectivity index (χ4n) is 2.24. The monoisotopic (exact) mass is 335 g/mol. The van der Waals surface area contributed by atoms with Gasteiger partial charge in [-0.15, -0.1) is 12.4 Å². The van der Waals surface area contributed by atoms with Gasteiger partial charge in [0.2, 0.25) is 10.0 Å². The standard InChI is InChI=1S/C12H17N3O4S.ClH/c1-12(8-13)6-7-14(9-12)20(18,19)11-4-2-10(3-5-11)15(16)17;/h2-5H,6-9,13H2,1H3;1H. The lowest BCUT2D eigenvalue weighted by Crippen LogP contribution is -2.34. The first-order valence-electron chi connectivity index (χ1n) is 6.23. The minimum Gasteiger partial charge on any atom is -0.330 e. The molecule has 0 saturated carbocycles. The number of nitro benzene ring substituents is 1. The lowest BCUT2D eigenvalue weighted by atomic mass is 9.90. The van der Waals surface area contributed by atoms with Crippen molar-refractivity contribution in [1.82, 2.24) is 4.31 Å². The number of sulfonamides is 1. The Kier molecular flexibility index (Phi) is 5.32. The van der Waals surface area contributed by atoms with Gasteiger partial charge in [0.05, 0.1) is 9.82 Å². The molecule has 2 N–H and O–H groups in total. The number of rotatable bonds is 4. The smallest absolute Gasteiger partial charge is 0.269 e. The molecule has 0 radical (unpaired) electrons. The first-order chi connectivity index (χ1) is 9.28. The third-order valence-electron chi connectivity index (χ3n) is 3.70. The van der Waals surface area contributed by atoms with Gasteiger partial charge < -0.3 is 5.73 Å². The summed E-state index contributed by atoms with van der Waals surface area (Å²) < 4.78 is 26.3. The minimum absolute atomic E-state index is 0. The van der Waals surface area contributed by atoms with Crippen molar-refractivity contribution in [3.05, 3.63) is 34.4 Å². The second-order valence-corrected chi connectivity index (χ2v) is 7.29. The van der Waals surface area contributed by atoms with Gasteiger partial charge in [-0.3, -0.25) is 10.1 Å². The zero-order chi connectivity index (χ0) is 15.0. The molecule has 0 bridgehead atoms. The molecule has 1 aromatic rings. The Bertz CT molecular complexity index is 620. The highest BCUT2D eigenvalue weighted by molar-refractivity contribution is 7.89. The molecular formula is C12H18ClN3O4S. The fourth-order valence-corrected chi connectivity index (χ4v) is 3.83. The van der Waals surface area contributed by atoms with E-state index in [2.05, 4.69) is 0 Å². The van der Waals surface area contributed by atoms with Crippen LogP contribution in [0.2, 0.25) is 0 Å². The Balaban J connectivity index is 0.00000220. The number of non-ortho nitro benzene ring substituents is 1. The van der Waals surface area contributed by atoms with Crippen molar-refractivity contribution < 1.29 is 13.3 Å². The third-order valence-corrected chi connectivity index (χ3v) is 5.56. The summed E-state index contributed by atoms with van der Waals surface area (Å²) in [4.78, 5) is 10.1. The van der Waals surface area contributed by atoms with Crippen LogP contribution in [0.1, 0.15) is 13.3 Å². The van der Waals surface area contributed by atoms with E-state index in [1.807, 2.05) is 6.92 Å². The van der Waals surface area contributed by atoms with E-state index in [1.54, 1.807) is 0 Å². The summed E-state index contributed by atoms with van der Waals surface area (Å²) in [6.07, 6.45) is 0.718. The predicted octanol–water partition coefficient (Wildman–Crippen LogP) is 1.38. The Labute approximate surface area is 129 Å². The SMILES string of the molecule is CC1(CN)CCN(S(=O)(=O)c2ccc([N+](=O)[O-])cc2)C1.Cl. The number of nitrogens with two attached hydrogens (primary N) is 1. The maximum atomic E-state index is 12.4. The lowest BCUT2D eigenvalue weighted by molar-refractivity contribution is -0.384. The summed E-state index contributed by atoms with van der Waals surface area (Å²) in [6, 6.07) is 4.94. The Morgan fingerprint density at radius 3 is 2.38 bits per heavy atom. The number of hydrogen-bond donors (Lipinski definition) is 1. The first-order valence-corrected chi connectivity index (χ1v) is 7.67. The predicted molar refractivity (Wildman–Crippen MR) is 80.9 cm³/mol. The van der Waals surface area contributed by atoms with Gasteiger partial charge >= 0.3 is 0 Å². The Morgan fingerprint density at radius 1 is 1.38 bits per heavy atom. The van der Waals surface area contributed by atoms with Crippen molar-refractivity contribution >= 4 is 28.1 Å². The van der Waals surface area contributed by atoms with Gasteiger partial charge in [0.1, 0.15) is 0 Å². The van der Waals surface area contributed by atoms with Crippen LogP contribution in [-0.2, 0) is 10.0 Å². The van der Waals surface area contributed by atoms with Crippen molar-refractivity contribution in [2.45, 2.75) is 18.2 Å². The molecule has 1 aliphatic heterocycles. The summed E-state index contributed by atoms with van der Waals surface area (Å²) in [7, 11) is -3.61. The molecule has 1 unspecified atom stereocenters. The Hall–Kier alpha value is -1.22. The summed E-state index contributed by atoms with van der Waals surface area (Å²) in [6.45, 7) is 3.19. The molecule has 1 aliphatic rings. The maximum absolute atomic E-state index is 12.4. The highest BCUT2D eigenvalue weighted by Crippen LogP contribution is 2.32. The largest absolute Gasteiger partial charge is 0.330 e. The molecule has 1 atom stereocenters. The van der Waals surface area contributed by atoms with Crippen molar-refractivity contribution in [2.24, 2.45) is 11.1 Å². The van der Waals surface area contributed by atoms with Crippen molar-refractivity contribution in [3.63, 3.8) is 0 Å². The van der Waals surface area contributed by atoms with Gasteiger partial charge in [0, 0.05) is 25.2 Å². The second-order valence-electron chi connectivity index (χ2n) is 5.35. The van der Waals surface area contributed by atoms with Gasteiger partial charge in [-0.25, -0.2) is 8.42 Å². The van der Waals surface area contributed by atoms with Crippen molar-refractivity contribution in [2.75, 3.05) is 19.6 Å². The van der Waals surface area contributed by atoms with Crippen LogP contribution in [0.15, 0.2) is 29.2 Å². The molecule has 9 heteroatoms. The number of halogens is 1. The van der Waals surface area contributed by atoms with Gasteiger partial charge in [0.15, 0.2) is 0 Å². The van der Waals surface area contributed by atoms with E-state index in [-0.39, 0.29) is 28.4 Å². The molecule has 1 saturated heterocycles. The first kappa shape index (κ1) is 17.8. The Morgan fingerprint density at radius 2 is 1.95 bits per heavy atom. The van der Waals surface area contributed by atoms with E-state index in [9.17, 15) is 18.5 Å². The molecule has 0 amide bonds. The number of nitrogens with zero attached hydrogens (tertiary/aromatic N) is 2. The van der Waals surface area contributed by atoms with E-state index in [1.165, 1.54) is 28.6 Å². The van der Waals surface area contributed by atoms with Crippen LogP contribution in [0, 0.1) is 15.5 Å². The van der Waals surface area contributed by atoms with Crippen LogP contribution < -0.4 is 5.73 Å². The van der Waals surface area contributed by atoms with Crippen LogP contribution in [0.5, 0.6) is 0 Å². The molecular weight excluding hydrogens is 318 g/mol. The summed E-state index contributed by atoms with van der Waals surface area (Å²) in [5, 5.41) is 10.6. The molecule has 0 aromatic heterocycles. The normalized spacial score (nSPS) is 22.8. The van der Waals surface area contributed by atoms with Crippen LogP contribution in [0.25, 0.3) is 0 Å². The molecule has 1 heterocycles. The van der Waals surface area contributed by atoms with Gasteiger partial charge in [-0.05, 0) is 30.5 Å². The van der Waals surface area contributed by atoms with Crippen LogP contribution in [0.3, 0.4) is 0 Å².